The third-order valence-corrected chi connectivity index (χ3v) is 2.71. The molecule has 0 fully saturated rings. The lowest BCUT2D eigenvalue weighted by Crippen LogP contribution is -2.17. The summed E-state index contributed by atoms with van der Waals surface area (Å²) in [6.45, 7) is 2.73. The van der Waals surface area contributed by atoms with Crippen LogP contribution in [0.4, 0.5) is 0 Å². The summed E-state index contributed by atoms with van der Waals surface area (Å²) in [5.41, 5.74) is 8.07. The van der Waals surface area contributed by atoms with Crippen LogP contribution in [0.15, 0.2) is 36.7 Å². The molecule has 2 N–H and O–H groups in total. The van der Waals surface area contributed by atoms with E-state index in [1.165, 1.54) is 5.56 Å². The summed E-state index contributed by atoms with van der Waals surface area (Å²) in [6, 6.07) is 7.98. The number of aromatic nitrogens is 2. The molecule has 1 atom stereocenters. The van der Waals surface area contributed by atoms with E-state index in [1.807, 2.05) is 48.3 Å². The van der Waals surface area contributed by atoms with Crippen molar-refractivity contribution in [2.24, 2.45) is 5.73 Å². The highest BCUT2D eigenvalue weighted by Gasteiger charge is 2.02. The van der Waals surface area contributed by atoms with Gasteiger partial charge in [0, 0.05) is 17.3 Å². The van der Waals surface area contributed by atoms with Crippen LogP contribution in [-0.2, 0) is 13.0 Å². The lowest BCUT2D eigenvalue weighted by atomic mass is 10.1. The highest BCUT2D eigenvalue weighted by atomic mass is 35.5. The van der Waals surface area contributed by atoms with Gasteiger partial charge in [0.05, 0.1) is 12.7 Å². The lowest BCUT2D eigenvalue weighted by molar-refractivity contribution is 0.684. The fraction of sp³-hybridized carbons (Fsp3) is 0.308. The van der Waals surface area contributed by atoms with E-state index in [-0.39, 0.29) is 6.04 Å². The van der Waals surface area contributed by atoms with Crippen molar-refractivity contribution >= 4 is 11.6 Å². The lowest BCUT2D eigenvalue weighted by Gasteiger charge is -2.03. The first-order chi connectivity index (χ1) is 8.13. The average molecular weight is 250 g/mol. The van der Waals surface area contributed by atoms with E-state index in [1.54, 1.807) is 0 Å². The maximum atomic E-state index is 5.94. The summed E-state index contributed by atoms with van der Waals surface area (Å²) in [5.74, 6) is 0. The molecule has 0 aliphatic carbocycles. The standard InChI is InChI=1S/C13H16ClN3/c1-10(15)5-12-7-16-17(9-12)8-11-3-2-4-13(14)6-11/h2-4,6-7,9-10H,5,8,15H2,1H3. The number of benzene rings is 1. The molecule has 0 bridgehead atoms. The van der Waals surface area contributed by atoms with E-state index in [9.17, 15) is 0 Å². The van der Waals surface area contributed by atoms with Crippen LogP contribution in [0.5, 0.6) is 0 Å². The van der Waals surface area contributed by atoms with E-state index in [4.69, 9.17) is 17.3 Å². The molecule has 2 rings (SSSR count). The molecule has 1 unspecified atom stereocenters. The van der Waals surface area contributed by atoms with Crippen LogP contribution < -0.4 is 5.73 Å². The Morgan fingerprint density at radius 2 is 2.24 bits per heavy atom. The van der Waals surface area contributed by atoms with Gasteiger partial charge in [-0.2, -0.15) is 5.10 Å². The maximum absolute atomic E-state index is 5.94. The second kappa shape index (κ2) is 5.34. The molecule has 4 heteroatoms. The number of nitrogens with two attached hydrogens (primary N) is 1. The quantitative estimate of drug-likeness (QED) is 0.905. The van der Waals surface area contributed by atoms with E-state index < -0.39 is 0 Å². The van der Waals surface area contributed by atoms with Gasteiger partial charge in [-0.3, -0.25) is 4.68 Å². The zero-order chi connectivity index (χ0) is 12.3. The first kappa shape index (κ1) is 12.1. The van der Waals surface area contributed by atoms with Gasteiger partial charge in [0.2, 0.25) is 0 Å². The summed E-state index contributed by atoms with van der Waals surface area (Å²) in [5, 5.41) is 5.07. The molecule has 1 aromatic heterocycles. The maximum Gasteiger partial charge on any atom is 0.0659 e. The minimum Gasteiger partial charge on any atom is -0.328 e. The Morgan fingerprint density at radius 3 is 2.94 bits per heavy atom. The third kappa shape index (κ3) is 3.58. The Kier molecular flexibility index (Phi) is 3.82. The van der Waals surface area contributed by atoms with Crippen LogP contribution in [-0.4, -0.2) is 15.8 Å². The Balaban J connectivity index is 2.06. The number of nitrogens with zero attached hydrogens (tertiary/aromatic N) is 2. The highest BCUT2D eigenvalue weighted by Crippen LogP contribution is 2.12. The van der Waals surface area contributed by atoms with Crippen molar-refractivity contribution in [3.05, 3.63) is 52.8 Å². The molecule has 90 valence electrons. The van der Waals surface area contributed by atoms with Crippen LogP contribution in [0.25, 0.3) is 0 Å². The van der Waals surface area contributed by atoms with Crippen molar-refractivity contribution < 1.29 is 0 Å². The molecule has 0 spiro atoms. The molecule has 3 nitrogen and oxygen atoms in total. The van der Waals surface area contributed by atoms with E-state index in [0.29, 0.717) is 0 Å². The van der Waals surface area contributed by atoms with Gasteiger partial charge in [0.25, 0.3) is 0 Å². The van der Waals surface area contributed by atoms with E-state index in [2.05, 4.69) is 5.10 Å². The van der Waals surface area contributed by atoms with Gasteiger partial charge in [-0.05, 0) is 36.6 Å². The number of rotatable bonds is 4. The number of hydrogen-bond donors (Lipinski definition) is 1. The zero-order valence-corrected chi connectivity index (χ0v) is 10.6. The largest absolute Gasteiger partial charge is 0.328 e. The molecule has 2 aromatic rings. The smallest absolute Gasteiger partial charge is 0.0659 e. The van der Waals surface area contributed by atoms with Gasteiger partial charge in [-0.1, -0.05) is 23.7 Å². The molecular formula is C13H16ClN3. The van der Waals surface area contributed by atoms with Crippen molar-refractivity contribution in [3.63, 3.8) is 0 Å². The minimum atomic E-state index is 0.166. The summed E-state index contributed by atoms with van der Waals surface area (Å²) in [4.78, 5) is 0. The van der Waals surface area contributed by atoms with Gasteiger partial charge >= 0.3 is 0 Å². The third-order valence-electron chi connectivity index (χ3n) is 2.48. The molecule has 1 aromatic carbocycles. The Labute approximate surface area is 106 Å². The predicted molar refractivity (Wildman–Crippen MR) is 70.1 cm³/mol. The normalized spacial score (nSPS) is 12.6. The molecule has 1 heterocycles. The van der Waals surface area contributed by atoms with Crippen LogP contribution in [0.3, 0.4) is 0 Å². The van der Waals surface area contributed by atoms with Gasteiger partial charge in [0.15, 0.2) is 0 Å². The summed E-state index contributed by atoms with van der Waals surface area (Å²) in [6.07, 6.45) is 4.76. The van der Waals surface area contributed by atoms with Crippen molar-refractivity contribution in [3.8, 4) is 0 Å². The number of halogens is 1. The SMILES string of the molecule is CC(N)Cc1cnn(Cc2cccc(Cl)c2)c1. The fourth-order valence-electron chi connectivity index (χ4n) is 1.79. The van der Waals surface area contributed by atoms with Crippen molar-refractivity contribution in [1.82, 2.24) is 9.78 Å². The van der Waals surface area contributed by atoms with Crippen molar-refractivity contribution in [2.75, 3.05) is 0 Å². The second-order valence-corrected chi connectivity index (χ2v) is 4.79. The van der Waals surface area contributed by atoms with E-state index >= 15 is 0 Å². The Hall–Kier alpha value is -1.32. The molecule has 0 radical (unpaired) electrons. The minimum absolute atomic E-state index is 0.166. The molecule has 17 heavy (non-hydrogen) atoms. The summed E-state index contributed by atoms with van der Waals surface area (Å²) < 4.78 is 1.91. The molecular weight excluding hydrogens is 234 g/mol. The van der Waals surface area contributed by atoms with Crippen molar-refractivity contribution in [2.45, 2.75) is 25.9 Å². The first-order valence-corrected chi connectivity index (χ1v) is 6.02. The summed E-state index contributed by atoms with van der Waals surface area (Å²) >= 11 is 5.94. The van der Waals surface area contributed by atoms with Crippen molar-refractivity contribution in [1.29, 1.82) is 0 Å². The molecule has 0 saturated heterocycles. The van der Waals surface area contributed by atoms with Crippen LogP contribution in [0.2, 0.25) is 5.02 Å². The van der Waals surface area contributed by atoms with Crippen LogP contribution in [0.1, 0.15) is 18.1 Å². The second-order valence-electron chi connectivity index (χ2n) is 4.36. The zero-order valence-electron chi connectivity index (χ0n) is 9.81. The first-order valence-electron chi connectivity index (χ1n) is 5.65. The molecule has 0 amide bonds. The van der Waals surface area contributed by atoms with Crippen LogP contribution in [0, 0.1) is 0 Å². The molecule has 0 saturated carbocycles. The van der Waals surface area contributed by atoms with Crippen LogP contribution >= 0.6 is 11.6 Å². The highest BCUT2D eigenvalue weighted by molar-refractivity contribution is 6.30. The van der Waals surface area contributed by atoms with Gasteiger partial charge < -0.3 is 5.73 Å². The van der Waals surface area contributed by atoms with Gasteiger partial charge in [-0.15, -0.1) is 0 Å². The molecule has 0 aliphatic rings. The topological polar surface area (TPSA) is 43.8 Å². The average Bonchev–Trinajstić information content (AvgIpc) is 2.64. The number of hydrogen-bond acceptors (Lipinski definition) is 2. The van der Waals surface area contributed by atoms with E-state index in [0.717, 1.165) is 23.6 Å². The predicted octanol–water partition coefficient (Wildman–Crippen LogP) is 2.47. The Morgan fingerprint density at radius 1 is 1.41 bits per heavy atom. The Bertz CT molecular complexity index is 491. The fourth-order valence-corrected chi connectivity index (χ4v) is 2.01. The van der Waals surface area contributed by atoms with Gasteiger partial charge in [0.1, 0.15) is 0 Å². The molecule has 0 aliphatic heterocycles. The summed E-state index contributed by atoms with van der Waals surface area (Å²) in [7, 11) is 0. The monoisotopic (exact) mass is 249 g/mol. The van der Waals surface area contributed by atoms with Gasteiger partial charge in [-0.25, -0.2) is 0 Å².